The van der Waals surface area contributed by atoms with Crippen molar-refractivity contribution in [3.05, 3.63) is 34.9 Å². The van der Waals surface area contributed by atoms with E-state index in [-0.39, 0.29) is 12.6 Å². The number of hydrogen-bond donors (Lipinski definition) is 3. The van der Waals surface area contributed by atoms with E-state index in [0.717, 1.165) is 18.4 Å². The van der Waals surface area contributed by atoms with Crippen molar-refractivity contribution in [2.45, 2.75) is 38.8 Å². The maximum absolute atomic E-state index is 11.8. The van der Waals surface area contributed by atoms with Crippen LogP contribution in [0.15, 0.2) is 24.3 Å². The summed E-state index contributed by atoms with van der Waals surface area (Å²) in [7, 11) is 0. The molecule has 2 amide bonds. The highest BCUT2D eigenvalue weighted by Crippen LogP contribution is 2.12. The van der Waals surface area contributed by atoms with E-state index in [9.17, 15) is 9.90 Å². The van der Waals surface area contributed by atoms with Crippen LogP contribution in [0.2, 0.25) is 5.02 Å². The fraction of sp³-hybridized carbons (Fsp3) is 0.500. The number of aliphatic hydroxyl groups is 1. The maximum Gasteiger partial charge on any atom is 0.315 e. The van der Waals surface area contributed by atoms with Crippen LogP contribution in [0, 0.1) is 0 Å². The highest BCUT2D eigenvalue weighted by Gasteiger charge is 2.24. The van der Waals surface area contributed by atoms with Crippen molar-refractivity contribution in [1.29, 1.82) is 0 Å². The summed E-state index contributed by atoms with van der Waals surface area (Å²) in [4.78, 5) is 11.8. The zero-order chi connectivity index (χ0) is 14.3. The number of rotatable bonds is 6. The van der Waals surface area contributed by atoms with Crippen LogP contribution < -0.4 is 10.6 Å². The Balaban J connectivity index is 2.47. The lowest BCUT2D eigenvalue weighted by Crippen LogP contribution is -2.52. The third-order valence-electron chi connectivity index (χ3n) is 2.91. The van der Waals surface area contributed by atoms with Crippen molar-refractivity contribution in [1.82, 2.24) is 10.6 Å². The van der Waals surface area contributed by atoms with Gasteiger partial charge in [-0.1, -0.05) is 37.1 Å². The molecule has 19 heavy (non-hydrogen) atoms. The molecule has 0 radical (unpaired) electrons. The van der Waals surface area contributed by atoms with Crippen LogP contribution in [0.4, 0.5) is 4.79 Å². The molecule has 0 bridgehead atoms. The first-order valence-electron chi connectivity index (χ1n) is 6.40. The molecule has 1 aromatic carbocycles. The number of carbonyl (C=O) groups is 1. The largest absolute Gasteiger partial charge is 0.394 e. The molecule has 0 heterocycles. The Morgan fingerprint density at radius 1 is 1.47 bits per heavy atom. The molecule has 106 valence electrons. The molecule has 0 spiro atoms. The number of halogens is 1. The number of amides is 2. The lowest BCUT2D eigenvalue weighted by molar-refractivity contribution is 0.163. The van der Waals surface area contributed by atoms with Gasteiger partial charge in [-0.25, -0.2) is 4.79 Å². The van der Waals surface area contributed by atoms with E-state index >= 15 is 0 Å². The molecule has 1 aromatic rings. The number of urea groups is 1. The Labute approximate surface area is 119 Å². The zero-order valence-corrected chi connectivity index (χ0v) is 12.1. The minimum Gasteiger partial charge on any atom is -0.394 e. The van der Waals surface area contributed by atoms with Crippen molar-refractivity contribution in [2.75, 3.05) is 6.61 Å². The first-order valence-corrected chi connectivity index (χ1v) is 6.78. The second kappa shape index (κ2) is 7.36. The number of aliphatic hydroxyl groups excluding tert-OH is 1. The van der Waals surface area contributed by atoms with Gasteiger partial charge in [0.15, 0.2) is 0 Å². The molecule has 0 saturated heterocycles. The third-order valence-corrected chi connectivity index (χ3v) is 3.14. The van der Waals surface area contributed by atoms with Gasteiger partial charge in [-0.15, -0.1) is 0 Å². The van der Waals surface area contributed by atoms with Gasteiger partial charge in [-0.05, 0) is 31.0 Å². The quantitative estimate of drug-likeness (QED) is 0.752. The summed E-state index contributed by atoms with van der Waals surface area (Å²) in [6.07, 6.45) is 1.62. The van der Waals surface area contributed by atoms with E-state index in [2.05, 4.69) is 10.6 Å². The highest BCUT2D eigenvalue weighted by molar-refractivity contribution is 6.30. The minimum absolute atomic E-state index is 0.0780. The van der Waals surface area contributed by atoms with Crippen LogP contribution in [0.25, 0.3) is 0 Å². The van der Waals surface area contributed by atoms with Gasteiger partial charge in [0.2, 0.25) is 0 Å². The topological polar surface area (TPSA) is 61.4 Å². The second-order valence-corrected chi connectivity index (χ2v) is 5.34. The Morgan fingerprint density at radius 2 is 2.21 bits per heavy atom. The number of carbonyl (C=O) groups excluding carboxylic acids is 1. The Kier molecular flexibility index (Phi) is 6.12. The van der Waals surface area contributed by atoms with Crippen molar-refractivity contribution in [2.24, 2.45) is 0 Å². The van der Waals surface area contributed by atoms with Gasteiger partial charge in [-0.3, -0.25) is 0 Å². The fourth-order valence-corrected chi connectivity index (χ4v) is 2.09. The van der Waals surface area contributed by atoms with Crippen LogP contribution in [0.3, 0.4) is 0 Å². The molecule has 0 aliphatic heterocycles. The average Bonchev–Trinajstić information content (AvgIpc) is 2.37. The van der Waals surface area contributed by atoms with E-state index in [4.69, 9.17) is 11.6 Å². The molecule has 0 aliphatic rings. The Bertz CT molecular complexity index is 426. The van der Waals surface area contributed by atoms with Gasteiger partial charge in [0.05, 0.1) is 12.1 Å². The number of nitrogens with one attached hydrogen (secondary N) is 2. The molecule has 1 atom stereocenters. The van der Waals surface area contributed by atoms with Crippen molar-refractivity contribution in [3.63, 3.8) is 0 Å². The number of hydrogen-bond acceptors (Lipinski definition) is 2. The molecule has 1 unspecified atom stereocenters. The van der Waals surface area contributed by atoms with Gasteiger partial charge >= 0.3 is 6.03 Å². The number of benzene rings is 1. The normalized spacial score (nSPS) is 13.7. The molecule has 0 aliphatic carbocycles. The molecule has 3 N–H and O–H groups in total. The SMILES string of the molecule is CCCC(C)(CO)NC(=O)NCc1cccc(Cl)c1. The standard InChI is InChI=1S/C14H21ClN2O2/c1-3-7-14(2,10-18)17-13(19)16-9-11-5-4-6-12(15)8-11/h4-6,8,18H,3,7,9-10H2,1-2H3,(H2,16,17,19). The summed E-state index contributed by atoms with van der Waals surface area (Å²) in [6.45, 7) is 4.17. The predicted molar refractivity (Wildman–Crippen MR) is 77.2 cm³/mol. The Hall–Kier alpha value is -1.26. The first kappa shape index (κ1) is 15.8. The summed E-state index contributed by atoms with van der Waals surface area (Å²) in [5.74, 6) is 0. The summed E-state index contributed by atoms with van der Waals surface area (Å²) < 4.78 is 0. The summed E-state index contributed by atoms with van der Waals surface area (Å²) in [5, 5.41) is 15.5. The summed E-state index contributed by atoms with van der Waals surface area (Å²) in [6, 6.07) is 7.04. The highest BCUT2D eigenvalue weighted by atomic mass is 35.5. The summed E-state index contributed by atoms with van der Waals surface area (Å²) >= 11 is 5.87. The Morgan fingerprint density at radius 3 is 2.79 bits per heavy atom. The summed E-state index contributed by atoms with van der Waals surface area (Å²) in [5.41, 5.74) is 0.358. The van der Waals surface area contributed by atoms with Crippen LogP contribution in [-0.4, -0.2) is 23.3 Å². The van der Waals surface area contributed by atoms with E-state index in [1.54, 1.807) is 12.1 Å². The van der Waals surface area contributed by atoms with Gasteiger partial charge < -0.3 is 15.7 Å². The third kappa shape index (κ3) is 5.49. The molecule has 1 rings (SSSR count). The van der Waals surface area contributed by atoms with Crippen LogP contribution in [0.1, 0.15) is 32.3 Å². The van der Waals surface area contributed by atoms with E-state index in [1.807, 2.05) is 26.0 Å². The van der Waals surface area contributed by atoms with Gasteiger partial charge in [0.1, 0.15) is 0 Å². The smallest absolute Gasteiger partial charge is 0.315 e. The van der Waals surface area contributed by atoms with Crippen molar-refractivity contribution in [3.8, 4) is 0 Å². The van der Waals surface area contributed by atoms with Crippen LogP contribution in [0.5, 0.6) is 0 Å². The minimum atomic E-state index is -0.576. The fourth-order valence-electron chi connectivity index (χ4n) is 1.88. The molecule has 4 nitrogen and oxygen atoms in total. The molecular formula is C14H21ClN2O2. The van der Waals surface area contributed by atoms with Gasteiger partial charge in [0.25, 0.3) is 0 Å². The van der Waals surface area contributed by atoms with E-state index < -0.39 is 5.54 Å². The molecule has 0 aromatic heterocycles. The average molecular weight is 285 g/mol. The van der Waals surface area contributed by atoms with E-state index in [0.29, 0.717) is 11.6 Å². The predicted octanol–water partition coefficient (Wildman–Crippen LogP) is 2.69. The lowest BCUT2D eigenvalue weighted by Gasteiger charge is -2.28. The zero-order valence-electron chi connectivity index (χ0n) is 11.4. The molecular weight excluding hydrogens is 264 g/mol. The van der Waals surface area contributed by atoms with Crippen molar-refractivity contribution < 1.29 is 9.90 Å². The molecule has 5 heteroatoms. The first-order chi connectivity index (χ1) is 8.99. The van der Waals surface area contributed by atoms with Gasteiger partial charge in [0, 0.05) is 11.6 Å². The molecule has 0 fully saturated rings. The lowest BCUT2D eigenvalue weighted by atomic mass is 9.98. The van der Waals surface area contributed by atoms with Crippen LogP contribution in [-0.2, 0) is 6.54 Å². The maximum atomic E-state index is 11.8. The second-order valence-electron chi connectivity index (χ2n) is 4.91. The molecule has 0 saturated carbocycles. The van der Waals surface area contributed by atoms with Gasteiger partial charge in [-0.2, -0.15) is 0 Å². The van der Waals surface area contributed by atoms with Crippen LogP contribution >= 0.6 is 11.6 Å². The van der Waals surface area contributed by atoms with E-state index in [1.165, 1.54) is 0 Å². The van der Waals surface area contributed by atoms with Crippen molar-refractivity contribution >= 4 is 17.6 Å². The monoisotopic (exact) mass is 284 g/mol.